The van der Waals surface area contributed by atoms with Crippen molar-refractivity contribution in [3.63, 3.8) is 0 Å². The molecule has 102 valence electrons. The van der Waals surface area contributed by atoms with E-state index < -0.39 is 6.10 Å². The summed E-state index contributed by atoms with van der Waals surface area (Å²) in [5.74, 6) is 0. The third-order valence-corrected chi connectivity index (χ3v) is 2.76. The van der Waals surface area contributed by atoms with Gasteiger partial charge in [0.1, 0.15) is 0 Å². The smallest absolute Gasteiger partial charge is 0.0911 e. The number of nitrogens with one attached hydrogen (secondary N) is 1. The quantitative estimate of drug-likeness (QED) is 0.709. The number of ether oxygens (including phenoxy) is 1. The maximum Gasteiger partial charge on any atom is 0.0911 e. The third kappa shape index (κ3) is 6.95. The zero-order chi connectivity index (χ0) is 12.9. The Labute approximate surface area is 105 Å². The van der Waals surface area contributed by atoms with Crippen molar-refractivity contribution in [3.05, 3.63) is 0 Å². The lowest BCUT2D eigenvalue weighted by atomic mass is 10.2. The molecule has 1 saturated heterocycles. The standard InChI is InChI=1S/C12H27N3O2/c1-12(2,3)17-10-11(16)9-13-15-7-5-14(4)6-8-15/h11,13,16H,5-10H2,1-4H3. The Morgan fingerprint density at radius 3 is 2.35 bits per heavy atom. The summed E-state index contributed by atoms with van der Waals surface area (Å²) in [5.41, 5.74) is 3.07. The molecular weight excluding hydrogens is 218 g/mol. The second-order valence-electron chi connectivity index (χ2n) is 5.73. The van der Waals surface area contributed by atoms with Gasteiger partial charge in [-0.1, -0.05) is 0 Å². The Morgan fingerprint density at radius 1 is 1.24 bits per heavy atom. The summed E-state index contributed by atoms with van der Waals surface area (Å²) in [6.07, 6.45) is -0.450. The topological polar surface area (TPSA) is 48.0 Å². The largest absolute Gasteiger partial charge is 0.389 e. The first-order chi connectivity index (χ1) is 7.87. The van der Waals surface area contributed by atoms with Crippen molar-refractivity contribution in [1.29, 1.82) is 0 Å². The first kappa shape index (κ1) is 14.9. The fraction of sp³-hybridized carbons (Fsp3) is 1.00. The third-order valence-electron chi connectivity index (χ3n) is 2.76. The number of rotatable bonds is 5. The Hall–Kier alpha value is -0.200. The molecule has 2 N–H and O–H groups in total. The molecule has 1 rings (SSSR count). The van der Waals surface area contributed by atoms with Crippen molar-refractivity contribution in [2.75, 3.05) is 46.4 Å². The fourth-order valence-corrected chi connectivity index (χ4v) is 1.60. The van der Waals surface area contributed by atoms with E-state index in [2.05, 4.69) is 22.4 Å². The first-order valence-electron chi connectivity index (χ1n) is 6.36. The average Bonchev–Trinajstić information content (AvgIpc) is 2.25. The molecule has 0 amide bonds. The van der Waals surface area contributed by atoms with E-state index in [0.717, 1.165) is 26.2 Å². The number of aliphatic hydroxyl groups excluding tert-OH is 1. The molecule has 0 bridgehead atoms. The highest BCUT2D eigenvalue weighted by molar-refractivity contribution is 4.68. The highest BCUT2D eigenvalue weighted by atomic mass is 16.5. The molecule has 5 heteroatoms. The fourth-order valence-electron chi connectivity index (χ4n) is 1.60. The lowest BCUT2D eigenvalue weighted by Crippen LogP contribution is -2.52. The molecule has 0 aromatic carbocycles. The monoisotopic (exact) mass is 245 g/mol. The van der Waals surface area contributed by atoms with Crippen molar-refractivity contribution in [2.45, 2.75) is 32.5 Å². The molecule has 0 spiro atoms. The van der Waals surface area contributed by atoms with Gasteiger partial charge in [-0.2, -0.15) is 0 Å². The highest BCUT2D eigenvalue weighted by Gasteiger charge is 2.16. The highest BCUT2D eigenvalue weighted by Crippen LogP contribution is 2.06. The van der Waals surface area contributed by atoms with Gasteiger partial charge in [0.2, 0.25) is 0 Å². The van der Waals surface area contributed by atoms with Crippen LogP contribution >= 0.6 is 0 Å². The van der Waals surface area contributed by atoms with Crippen LogP contribution in [0.2, 0.25) is 0 Å². The van der Waals surface area contributed by atoms with Gasteiger partial charge in [-0.3, -0.25) is 5.43 Å². The molecular formula is C12H27N3O2. The minimum atomic E-state index is -0.450. The number of hydrogen-bond acceptors (Lipinski definition) is 5. The molecule has 5 nitrogen and oxygen atoms in total. The van der Waals surface area contributed by atoms with E-state index in [1.807, 2.05) is 20.8 Å². The summed E-state index contributed by atoms with van der Waals surface area (Å²) in [4.78, 5) is 2.30. The Balaban J connectivity index is 2.09. The number of aliphatic hydroxyl groups is 1. The summed E-state index contributed by atoms with van der Waals surface area (Å²) < 4.78 is 5.53. The molecule has 1 atom stereocenters. The van der Waals surface area contributed by atoms with Crippen LogP contribution in [0, 0.1) is 0 Å². The molecule has 1 aliphatic rings. The van der Waals surface area contributed by atoms with Gasteiger partial charge in [-0.05, 0) is 27.8 Å². The summed E-state index contributed by atoms with van der Waals surface area (Å²) in [6, 6.07) is 0. The lowest BCUT2D eigenvalue weighted by Gasteiger charge is -2.33. The van der Waals surface area contributed by atoms with Crippen molar-refractivity contribution in [1.82, 2.24) is 15.3 Å². The van der Waals surface area contributed by atoms with Crippen LogP contribution in [-0.2, 0) is 4.74 Å². The average molecular weight is 245 g/mol. The van der Waals surface area contributed by atoms with Crippen LogP contribution in [0.1, 0.15) is 20.8 Å². The van der Waals surface area contributed by atoms with Crippen LogP contribution in [0.15, 0.2) is 0 Å². The van der Waals surface area contributed by atoms with E-state index in [4.69, 9.17) is 4.74 Å². The molecule has 0 aromatic rings. The Kier molecular flexibility index (Phi) is 5.82. The van der Waals surface area contributed by atoms with Crippen LogP contribution in [0.4, 0.5) is 0 Å². The molecule has 1 fully saturated rings. The van der Waals surface area contributed by atoms with Gasteiger partial charge in [-0.15, -0.1) is 0 Å². The van der Waals surface area contributed by atoms with E-state index in [1.165, 1.54) is 0 Å². The van der Waals surface area contributed by atoms with Crippen molar-refractivity contribution >= 4 is 0 Å². The number of piperazine rings is 1. The Morgan fingerprint density at radius 2 is 1.82 bits per heavy atom. The SMILES string of the molecule is CN1CCN(NCC(O)COC(C)(C)C)CC1. The Bertz CT molecular complexity index is 210. The van der Waals surface area contributed by atoms with Gasteiger partial charge in [0.25, 0.3) is 0 Å². The van der Waals surface area contributed by atoms with Gasteiger partial charge in [0, 0.05) is 32.7 Å². The summed E-state index contributed by atoms with van der Waals surface area (Å²) >= 11 is 0. The van der Waals surface area contributed by atoms with Crippen molar-refractivity contribution in [2.24, 2.45) is 0 Å². The van der Waals surface area contributed by atoms with Gasteiger partial charge in [-0.25, -0.2) is 5.01 Å². The van der Waals surface area contributed by atoms with Gasteiger partial charge in [0.15, 0.2) is 0 Å². The predicted molar refractivity (Wildman–Crippen MR) is 68.8 cm³/mol. The van der Waals surface area contributed by atoms with E-state index in [-0.39, 0.29) is 5.60 Å². The molecule has 1 unspecified atom stereocenters. The van der Waals surface area contributed by atoms with Crippen LogP contribution in [-0.4, -0.2) is 73.1 Å². The van der Waals surface area contributed by atoms with Crippen LogP contribution in [0.3, 0.4) is 0 Å². The van der Waals surface area contributed by atoms with Gasteiger partial charge in [0.05, 0.1) is 18.3 Å². The molecule has 1 aliphatic heterocycles. The van der Waals surface area contributed by atoms with Crippen molar-refractivity contribution < 1.29 is 9.84 Å². The predicted octanol–water partition coefficient (Wildman–Crippen LogP) is -0.0856. The minimum Gasteiger partial charge on any atom is -0.389 e. The summed E-state index contributed by atoms with van der Waals surface area (Å²) in [5, 5.41) is 11.9. The molecule has 0 aromatic heterocycles. The first-order valence-corrected chi connectivity index (χ1v) is 6.36. The van der Waals surface area contributed by atoms with Gasteiger partial charge >= 0.3 is 0 Å². The van der Waals surface area contributed by atoms with E-state index in [9.17, 15) is 5.11 Å². The van der Waals surface area contributed by atoms with E-state index in [0.29, 0.717) is 13.2 Å². The van der Waals surface area contributed by atoms with Crippen LogP contribution in [0.25, 0.3) is 0 Å². The van der Waals surface area contributed by atoms with Crippen LogP contribution in [0.5, 0.6) is 0 Å². The zero-order valence-electron chi connectivity index (χ0n) is 11.6. The number of hydrogen-bond donors (Lipinski definition) is 2. The molecule has 0 saturated carbocycles. The number of nitrogens with zero attached hydrogens (tertiary/aromatic N) is 2. The maximum atomic E-state index is 9.77. The normalized spacial score (nSPS) is 21.7. The second-order valence-corrected chi connectivity index (χ2v) is 5.73. The van der Waals surface area contributed by atoms with Gasteiger partial charge < -0.3 is 14.7 Å². The number of likely N-dealkylation sites (N-methyl/N-ethyl adjacent to an activating group) is 1. The zero-order valence-corrected chi connectivity index (χ0v) is 11.6. The molecule has 0 aliphatic carbocycles. The van der Waals surface area contributed by atoms with Crippen LogP contribution < -0.4 is 5.43 Å². The van der Waals surface area contributed by atoms with E-state index >= 15 is 0 Å². The minimum absolute atomic E-state index is 0.186. The molecule has 1 heterocycles. The summed E-state index contributed by atoms with van der Waals surface area (Å²) in [7, 11) is 2.13. The number of hydrazine groups is 1. The van der Waals surface area contributed by atoms with Crippen molar-refractivity contribution in [3.8, 4) is 0 Å². The van der Waals surface area contributed by atoms with E-state index in [1.54, 1.807) is 0 Å². The lowest BCUT2D eigenvalue weighted by molar-refractivity contribution is -0.0532. The second kappa shape index (κ2) is 6.66. The maximum absolute atomic E-state index is 9.77. The molecule has 0 radical (unpaired) electrons. The summed E-state index contributed by atoms with van der Waals surface area (Å²) in [6.45, 7) is 11.1. The molecule has 17 heavy (non-hydrogen) atoms.